The second-order valence-corrected chi connectivity index (χ2v) is 8.86. The average Bonchev–Trinajstić information content (AvgIpc) is 3.27. The molecule has 2 heterocycles. The van der Waals surface area contributed by atoms with Crippen LogP contribution in [0.1, 0.15) is 39.1 Å². The molecular formula is C22H22ClN5O2S. The molecule has 0 atom stereocenters. The molecule has 0 aliphatic carbocycles. The molecule has 160 valence electrons. The number of piperidine rings is 1. The highest BCUT2D eigenvalue weighted by molar-refractivity contribution is 7.13. The van der Waals surface area contributed by atoms with E-state index < -0.39 is 0 Å². The van der Waals surface area contributed by atoms with Gasteiger partial charge in [-0.25, -0.2) is 4.79 Å². The molecule has 2 N–H and O–H groups in total. The smallest absolute Gasteiger partial charge is 0.321 e. The summed E-state index contributed by atoms with van der Waals surface area (Å²) >= 11 is 7.53. The Labute approximate surface area is 189 Å². The molecule has 4 rings (SSSR count). The quantitative estimate of drug-likeness (QED) is 0.568. The average molecular weight is 456 g/mol. The highest BCUT2D eigenvalue weighted by Crippen LogP contribution is 2.31. The van der Waals surface area contributed by atoms with Gasteiger partial charge in [-0.15, -0.1) is 10.2 Å². The lowest BCUT2D eigenvalue weighted by molar-refractivity contribution is 0.102. The van der Waals surface area contributed by atoms with Crippen LogP contribution in [0.5, 0.6) is 0 Å². The highest BCUT2D eigenvalue weighted by atomic mass is 35.5. The maximum Gasteiger partial charge on any atom is 0.321 e. The number of amides is 3. The number of anilines is 2. The van der Waals surface area contributed by atoms with E-state index in [1.54, 1.807) is 4.90 Å². The number of benzene rings is 2. The lowest BCUT2D eigenvalue weighted by atomic mass is 9.98. The third-order valence-corrected chi connectivity index (χ3v) is 6.56. The molecule has 1 saturated heterocycles. The molecule has 0 radical (unpaired) electrons. The van der Waals surface area contributed by atoms with Crippen molar-refractivity contribution in [3.63, 3.8) is 0 Å². The van der Waals surface area contributed by atoms with E-state index in [2.05, 4.69) is 20.8 Å². The van der Waals surface area contributed by atoms with Crippen molar-refractivity contribution < 1.29 is 9.59 Å². The third kappa shape index (κ3) is 5.21. The molecule has 1 aromatic heterocycles. The Bertz CT molecular complexity index is 1080. The number of para-hydroxylation sites is 1. The number of hydrogen-bond donors (Lipinski definition) is 2. The van der Waals surface area contributed by atoms with Crippen molar-refractivity contribution in [2.75, 3.05) is 23.7 Å². The van der Waals surface area contributed by atoms with Crippen LogP contribution in [0.2, 0.25) is 5.02 Å². The highest BCUT2D eigenvalue weighted by Gasteiger charge is 2.27. The van der Waals surface area contributed by atoms with E-state index in [4.69, 9.17) is 11.6 Å². The molecule has 7 nitrogen and oxygen atoms in total. The van der Waals surface area contributed by atoms with Crippen molar-refractivity contribution >= 4 is 46.3 Å². The van der Waals surface area contributed by atoms with Gasteiger partial charge in [0.1, 0.15) is 5.01 Å². The minimum atomic E-state index is -0.262. The Morgan fingerprint density at radius 1 is 1.06 bits per heavy atom. The number of rotatable bonds is 4. The van der Waals surface area contributed by atoms with Crippen LogP contribution >= 0.6 is 22.9 Å². The zero-order valence-electron chi connectivity index (χ0n) is 17.0. The third-order valence-electron chi connectivity index (χ3n) is 5.16. The van der Waals surface area contributed by atoms with Crippen molar-refractivity contribution in [1.29, 1.82) is 0 Å². The van der Waals surface area contributed by atoms with E-state index in [1.165, 1.54) is 11.3 Å². The monoisotopic (exact) mass is 455 g/mol. The van der Waals surface area contributed by atoms with Crippen LogP contribution in [0, 0.1) is 6.92 Å². The van der Waals surface area contributed by atoms with Crippen LogP contribution in [-0.4, -0.2) is 40.1 Å². The number of likely N-dealkylation sites (tertiary alicyclic amines) is 1. The molecule has 3 amide bonds. The summed E-state index contributed by atoms with van der Waals surface area (Å²) in [5.41, 5.74) is 2.37. The number of aromatic nitrogens is 2. The minimum Gasteiger partial charge on any atom is -0.324 e. The Balaban J connectivity index is 1.31. The molecule has 31 heavy (non-hydrogen) atoms. The van der Waals surface area contributed by atoms with E-state index in [0.717, 1.165) is 29.1 Å². The van der Waals surface area contributed by atoms with Gasteiger partial charge in [0.25, 0.3) is 5.91 Å². The van der Waals surface area contributed by atoms with Gasteiger partial charge in [-0.05, 0) is 49.6 Å². The maximum absolute atomic E-state index is 12.6. The fraction of sp³-hybridized carbons (Fsp3) is 0.273. The van der Waals surface area contributed by atoms with E-state index in [1.807, 2.05) is 55.5 Å². The Kier molecular flexibility index (Phi) is 6.48. The predicted octanol–water partition coefficient (Wildman–Crippen LogP) is 5.16. The van der Waals surface area contributed by atoms with Crippen LogP contribution in [0.3, 0.4) is 0 Å². The molecular weight excluding hydrogens is 434 g/mol. The van der Waals surface area contributed by atoms with Gasteiger partial charge in [-0.3, -0.25) is 4.79 Å². The zero-order valence-corrected chi connectivity index (χ0v) is 18.5. The van der Waals surface area contributed by atoms with Gasteiger partial charge in [-0.2, -0.15) is 0 Å². The lowest BCUT2D eigenvalue weighted by Crippen LogP contribution is -2.40. The normalized spacial score (nSPS) is 14.3. The molecule has 9 heteroatoms. The number of aryl methyl sites for hydroxylation is 1. The molecule has 3 aromatic rings. The maximum atomic E-state index is 12.6. The van der Waals surface area contributed by atoms with Gasteiger partial charge in [0.05, 0.1) is 10.7 Å². The van der Waals surface area contributed by atoms with Gasteiger partial charge in [0, 0.05) is 24.7 Å². The van der Waals surface area contributed by atoms with E-state index in [9.17, 15) is 9.59 Å². The van der Waals surface area contributed by atoms with Crippen LogP contribution in [0.25, 0.3) is 0 Å². The largest absolute Gasteiger partial charge is 0.324 e. The van der Waals surface area contributed by atoms with Gasteiger partial charge < -0.3 is 15.5 Å². The lowest BCUT2D eigenvalue weighted by Gasteiger charge is -2.31. The van der Waals surface area contributed by atoms with Gasteiger partial charge in [-0.1, -0.05) is 47.2 Å². The summed E-state index contributed by atoms with van der Waals surface area (Å²) < 4.78 is 0. The topological polar surface area (TPSA) is 87.2 Å². The predicted molar refractivity (Wildman–Crippen MR) is 123 cm³/mol. The molecule has 0 bridgehead atoms. The zero-order chi connectivity index (χ0) is 21.8. The number of carbonyl (C=O) groups is 2. The van der Waals surface area contributed by atoms with Gasteiger partial charge >= 0.3 is 6.03 Å². The first kappa shape index (κ1) is 21.3. The molecule has 2 aromatic carbocycles. The summed E-state index contributed by atoms with van der Waals surface area (Å²) in [6, 6.07) is 14.6. The van der Waals surface area contributed by atoms with Crippen molar-refractivity contribution in [2.45, 2.75) is 25.7 Å². The van der Waals surface area contributed by atoms with E-state index >= 15 is 0 Å². The fourth-order valence-corrected chi connectivity index (χ4v) is 4.63. The van der Waals surface area contributed by atoms with Crippen LogP contribution < -0.4 is 10.6 Å². The number of halogens is 1. The fourth-order valence-electron chi connectivity index (χ4n) is 3.44. The van der Waals surface area contributed by atoms with Gasteiger partial charge in [0.2, 0.25) is 5.01 Å². The molecule has 0 unspecified atom stereocenters. The SMILES string of the molecule is Cc1ccc(NC(=O)N2CCC(c3nnc(C(=O)Nc4ccccc4)s3)CC2)c(Cl)c1. The second-order valence-electron chi connectivity index (χ2n) is 7.44. The molecule has 1 fully saturated rings. The Morgan fingerprint density at radius 2 is 1.81 bits per heavy atom. The van der Waals surface area contributed by atoms with Crippen molar-refractivity contribution in [3.05, 3.63) is 69.1 Å². The summed E-state index contributed by atoms with van der Waals surface area (Å²) in [4.78, 5) is 26.8. The van der Waals surface area contributed by atoms with E-state index in [-0.39, 0.29) is 17.9 Å². The van der Waals surface area contributed by atoms with Crippen molar-refractivity contribution in [1.82, 2.24) is 15.1 Å². The molecule has 1 aliphatic rings. The number of nitrogens with zero attached hydrogens (tertiary/aromatic N) is 3. The van der Waals surface area contributed by atoms with Gasteiger partial charge in [0.15, 0.2) is 0 Å². The van der Waals surface area contributed by atoms with Crippen LogP contribution in [0.15, 0.2) is 48.5 Å². The summed E-state index contributed by atoms with van der Waals surface area (Å²) in [5.74, 6) is -0.0791. The number of carbonyl (C=O) groups excluding carboxylic acids is 2. The Morgan fingerprint density at radius 3 is 2.52 bits per heavy atom. The van der Waals surface area contributed by atoms with Crippen LogP contribution in [0.4, 0.5) is 16.2 Å². The number of hydrogen-bond acceptors (Lipinski definition) is 5. The van der Waals surface area contributed by atoms with Crippen molar-refractivity contribution in [2.24, 2.45) is 0 Å². The minimum absolute atomic E-state index is 0.163. The first-order valence-electron chi connectivity index (χ1n) is 10.0. The Hall–Kier alpha value is -2.97. The second kappa shape index (κ2) is 9.45. The summed E-state index contributed by atoms with van der Waals surface area (Å²) in [7, 11) is 0. The summed E-state index contributed by atoms with van der Waals surface area (Å²) in [5, 5.41) is 15.7. The van der Waals surface area contributed by atoms with E-state index in [0.29, 0.717) is 28.8 Å². The van der Waals surface area contributed by atoms with Crippen molar-refractivity contribution in [3.8, 4) is 0 Å². The number of urea groups is 1. The van der Waals surface area contributed by atoms with Crippen LogP contribution in [-0.2, 0) is 0 Å². The first-order chi connectivity index (χ1) is 15.0. The first-order valence-corrected chi connectivity index (χ1v) is 11.2. The molecule has 0 spiro atoms. The summed E-state index contributed by atoms with van der Waals surface area (Å²) in [6.07, 6.45) is 1.54. The molecule has 1 aliphatic heterocycles. The summed E-state index contributed by atoms with van der Waals surface area (Å²) in [6.45, 7) is 3.16. The number of nitrogens with one attached hydrogen (secondary N) is 2. The standard InChI is InChI=1S/C22H22ClN5O2S/c1-14-7-8-18(17(23)13-14)25-22(30)28-11-9-15(10-12-28)20-26-27-21(31-20)19(29)24-16-5-3-2-4-6-16/h2-8,13,15H,9-12H2,1H3,(H,24,29)(H,25,30). The molecule has 0 saturated carbocycles.